The molecule has 0 radical (unpaired) electrons. The number of fused-ring (bicyclic) bond motifs is 1. The maximum Gasteiger partial charge on any atom is 0.308 e. The molecule has 0 N–H and O–H groups in total. The van der Waals surface area contributed by atoms with Gasteiger partial charge in [-0.05, 0) is 30.3 Å². The molecule has 30 heavy (non-hydrogen) atoms. The number of methoxy groups -OCH3 is 2. The zero-order valence-electron chi connectivity index (χ0n) is 16.8. The van der Waals surface area contributed by atoms with E-state index in [1.807, 2.05) is 6.07 Å². The Balaban J connectivity index is 2.36. The molecule has 0 atom stereocenters. The third kappa shape index (κ3) is 4.33. The van der Waals surface area contributed by atoms with Gasteiger partial charge in [-0.3, -0.25) is 9.59 Å². The second-order valence-electron chi connectivity index (χ2n) is 6.15. The van der Waals surface area contributed by atoms with Crippen molar-refractivity contribution in [2.24, 2.45) is 0 Å². The van der Waals surface area contributed by atoms with Crippen LogP contribution in [-0.4, -0.2) is 26.2 Å². The smallest absolute Gasteiger partial charge is 0.308 e. The monoisotopic (exact) mass is 430 g/mol. The Hall–Kier alpha value is -3.26. The summed E-state index contributed by atoms with van der Waals surface area (Å²) in [5, 5.41) is 0.988. The van der Waals surface area contributed by atoms with Crippen LogP contribution in [0.15, 0.2) is 52.3 Å². The van der Waals surface area contributed by atoms with E-state index in [0.717, 1.165) is 4.90 Å². The molecule has 6 nitrogen and oxygen atoms in total. The lowest BCUT2D eigenvalue weighted by Gasteiger charge is -2.20. The fraction of sp³-hybridized carbons (Fsp3) is 0.182. The second-order valence-corrected chi connectivity index (χ2v) is 7.26. The largest absolute Gasteiger partial charge is 0.490 e. The molecule has 0 aliphatic carbocycles. The normalized spacial score (nSPS) is 10.6. The Bertz CT molecular complexity index is 1110. The van der Waals surface area contributed by atoms with Crippen LogP contribution in [0.5, 0.6) is 23.0 Å². The topological polar surface area (TPSA) is 71.1 Å². The SMILES string of the molecule is COc1c(OC)c(OC(C)=O)c2c(Sc3ccc(F)cc3)cccc2c1OC(C)=O. The van der Waals surface area contributed by atoms with Crippen LogP contribution in [0.25, 0.3) is 10.8 Å². The van der Waals surface area contributed by atoms with Crippen LogP contribution < -0.4 is 18.9 Å². The molecule has 3 aromatic rings. The fourth-order valence-electron chi connectivity index (χ4n) is 2.97. The summed E-state index contributed by atoms with van der Waals surface area (Å²) in [6, 6.07) is 11.3. The van der Waals surface area contributed by atoms with Gasteiger partial charge in [0.05, 0.1) is 14.2 Å². The van der Waals surface area contributed by atoms with Crippen molar-refractivity contribution in [3.63, 3.8) is 0 Å². The second kappa shape index (κ2) is 9.04. The first-order valence-corrected chi connectivity index (χ1v) is 9.68. The fourth-order valence-corrected chi connectivity index (χ4v) is 3.95. The van der Waals surface area contributed by atoms with Gasteiger partial charge in [0.2, 0.25) is 11.5 Å². The minimum atomic E-state index is -0.557. The molecule has 0 unspecified atom stereocenters. The molecule has 0 heterocycles. The Morgan fingerprint density at radius 2 is 1.37 bits per heavy atom. The lowest BCUT2D eigenvalue weighted by Crippen LogP contribution is -2.08. The van der Waals surface area contributed by atoms with Crippen LogP contribution >= 0.6 is 11.8 Å². The van der Waals surface area contributed by atoms with E-state index < -0.39 is 11.9 Å². The first-order valence-electron chi connectivity index (χ1n) is 8.86. The van der Waals surface area contributed by atoms with E-state index in [-0.39, 0.29) is 28.8 Å². The van der Waals surface area contributed by atoms with E-state index in [2.05, 4.69) is 0 Å². The lowest BCUT2D eigenvalue weighted by molar-refractivity contribution is -0.133. The van der Waals surface area contributed by atoms with Gasteiger partial charge in [0.25, 0.3) is 0 Å². The number of esters is 2. The Kier molecular flexibility index (Phi) is 6.47. The predicted molar refractivity (Wildman–Crippen MR) is 110 cm³/mol. The molecule has 0 aliphatic rings. The summed E-state index contributed by atoms with van der Waals surface area (Å²) in [6.07, 6.45) is 0. The minimum absolute atomic E-state index is 0.114. The quantitative estimate of drug-likeness (QED) is 0.403. The summed E-state index contributed by atoms with van der Waals surface area (Å²) in [5.41, 5.74) is 0. The van der Waals surface area contributed by atoms with Crippen LogP contribution in [0.3, 0.4) is 0 Å². The van der Waals surface area contributed by atoms with Crippen molar-refractivity contribution in [3.05, 3.63) is 48.3 Å². The number of carbonyl (C=O) groups excluding carboxylic acids is 2. The molecule has 0 aliphatic heterocycles. The van der Waals surface area contributed by atoms with Crippen LogP contribution in [0, 0.1) is 5.82 Å². The van der Waals surface area contributed by atoms with Crippen molar-refractivity contribution in [2.75, 3.05) is 14.2 Å². The van der Waals surface area contributed by atoms with Crippen LogP contribution in [-0.2, 0) is 9.59 Å². The van der Waals surface area contributed by atoms with Crippen molar-refractivity contribution in [3.8, 4) is 23.0 Å². The number of benzene rings is 3. The zero-order chi connectivity index (χ0) is 21.8. The van der Waals surface area contributed by atoms with Crippen molar-refractivity contribution in [1.29, 1.82) is 0 Å². The summed E-state index contributed by atoms with van der Waals surface area (Å²) >= 11 is 1.33. The molecule has 0 amide bonds. The lowest BCUT2D eigenvalue weighted by atomic mass is 10.1. The van der Waals surface area contributed by atoms with Gasteiger partial charge < -0.3 is 18.9 Å². The molecule has 0 bridgehead atoms. The highest BCUT2D eigenvalue weighted by Gasteiger charge is 2.27. The highest BCUT2D eigenvalue weighted by Crippen LogP contribution is 2.53. The molecule has 0 saturated heterocycles. The van der Waals surface area contributed by atoms with E-state index in [0.29, 0.717) is 15.7 Å². The molecule has 0 spiro atoms. The van der Waals surface area contributed by atoms with Gasteiger partial charge in [0, 0.05) is 34.4 Å². The number of hydrogen-bond donors (Lipinski definition) is 0. The summed E-state index contributed by atoms with van der Waals surface area (Å²) in [7, 11) is 2.79. The van der Waals surface area contributed by atoms with Gasteiger partial charge in [-0.1, -0.05) is 23.9 Å². The van der Waals surface area contributed by atoms with E-state index >= 15 is 0 Å². The minimum Gasteiger partial charge on any atom is -0.490 e. The molecule has 3 rings (SSSR count). The van der Waals surface area contributed by atoms with Gasteiger partial charge in [0.15, 0.2) is 11.5 Å². The number of ether oxygens (including phenoxy) is 4. The van der Waals surface area contributed by atoms with Crippen LogP contribution in [0.2, 0.25) is 0 Å². The number of hydrogen-bond acceptors (Lipinski definition) is 7. The van der Waals surface area contributed by atoms with Gasteiger partial charge in [0.1, 0.15) is 5.82 Å². The molecular formula is C22H19FO6S. The third-order valence-corrected chi connectivity index (χ3v) is 5.13. The van der Waals surface area contributed by atoms with Gasteiger partial charge in [-0.2, -0.15) is 0 Å². The molecule has 156 valence electrons. The molecule has 0 saturated carbocycles. The average Bonchev–Trinajstić information content (AvgIpc) is 2.70. The number of rotatable bonds is 6. The predicted octanol–water partition coefficient (Wildman–Crippen LogP) is 5.00. The van der Waals surface area contributed by atoms with Crippen molar-refractivity contribution in [2.45, 2.75) is 23.6 Å². The summed E-state index contributed by atoms with van der Waals surface area (Å²) in [6.45, 7) is 2.54. The number of halogens is 1. The highest BCUT2D eigenvalue weighted by atomic mass is 32.2. The molecular weight excluding hydrogens is 411 g/mol. The van der Waals surface area contributed by atoms with Gasteiger partial charge in [-0.25, -0.2) is 4.39 Å². The summed E-state index contributed by atoms with van der Waals surface area (Å²) in [5.74, 6) is -0.926. The first-order chi connectivity index (χ1) is 14.3. The maximum absolute atomic E-state index is 13.3. The van der Waals surface area contributed by atoms with Crippen molar-refractivity contribution in [1.82, 2.24) is 0 Å². The van der Waals surface area contributed by atoms with Crippen LogP contribution in [0.1, 0.15) is 13.8 Å². The highest BCUT2D eigenvalue weighted by molar-refractivity contribution is 7.99. The van der Waals surface area contributed by atoms with E-state index in [1.165, 1.54) is 52.0 Å². The van der Waals surface area contributed by atoms with Crippen LogP contribution in [0.4, 0.5) is 4.39 Å². The zero-order valence-corrected chi connectivity index (χ0v) is 17.6. The van der Waals surface area contributed by atoms with E-state index in [9.17, 15) is 14.0 Å². The van der Waals surface area contributed by atoms with Crippen molar-refractivity contribution >= 4 is 34.5 Å². The van der Waals surface area contributed by atoms with E-state index in [4.69, 9.17) is 18.9 Å². The molecule has 8 heteroatoms. The Labute approximate surface area is 176 Å². The first kappa shape index (κ1) is 21.4. The average molecular weight is 430 g/mol. The summed E-state index contributed by atoms with van der Waals surface area (Å²) < 4.78 is 35.1. The van der Waals surface area contributed by atoms with E-state index in [1.54, 1.807) is 24.3 Å². The molecule has 3 aromatic carbocycles. The number of carbonyl (C=O) groups is 2. The molecule has 0 aromatic heterocycles. The summed E-state index contributed by atoms with van der Waals surface area (Å²) in [4.78, 5) is 25.0. The molecule has 0 fully saturated rings. The third-order valence-electron chi connectivity index (χ3n) is 4.06. The Morgan fingerprint density at radius 1 is 0.800 bits per heavy atom. The standard InChI is InChI=1S/C22H19FO6S/c1-12(24)28-19-16-6-5-7-17(30-15-10-8-14(23)9-11-15)18(16)20(29-13(2)25)22(27-4)21(19)26-3/h5-11H,1-4H3. The van der Waals surface area contributed by atoms with Crippen molar-refractivity contribution < 1.29 is 32.9 Å². The maximum atomic E-state index is 13.3. The van der Waals surface area contributed by atoms with Gasteiger partial charge in [-0.15, -0.1) is 0 Å². The van der Waals surface area contributed by atoms with Gasteiger partial charge >= 0.3 is 11.9 Å². The Morgan fingerprint density at radius 3 is 1.93 bits per heavy atom.